The molecule has 106 valence electrons. The quantitative estimate of drug-likeness (QED) is 0.825. The maximum absolute atomic E-state index is 12.7. The molecule has 0 bridgehead atoms. The monoisotopic (exact) mass is 352 g/mol. The second-order valence-corrected chi connectivity index (χ2v) is 6.95. The summed E-state index contributed by atoms with van der Waals surface area (Å²) in [6.07, 6.45) is 0.881. The summed E-state index contributed by atoms with van der Waals surface area (Å²) >= 11 is 4.93. The molecule has 0 radical (unpaired) electrons. The van der Waals surface area contributed by atoms with Gasteiger partial charge in [0.2, 0.25) is 0 Å². The van der Waals surface area contributed by atoms with Gasteiger partial charge in [-0.3, -0.25) is 4.79 Å². The zero-order valence-electron chi connectivity index (χ0n) is 11.5. The lowest BCUT2D eigenvalue weighted by Crippen LogP contribution is -2.31. The van der Waals surface area contributed by atoms with Gasteiger partial charge in [0, 0.05) is 6.54 Å². The first kappa shape index (κ1) is 15.1. The summed E-state index contributed by atoms with van der Waals surface area (Å²) in [5, 5.41) is 0. The maximum atomic E-state index is 12.7. The fourth-order valence-electron chi connectivity index (χ4n) is 1.99. The highest BCUT2D eigenvalue weighted by molar-refractivity contribution is 9.11. The first-order valence-electron chi connectivity index (χ1n) is 6.47. The highest BCUT2D eigenvalue weighted by atomic mass is 79.9. The number of carbonyl (C=O) groups is 1. The number of hydrogen-bond donors (Lipinski definition) is 1. The molecule has 0 fully saturated rings. The number of carbonyl (C=O) groups excluding carboxylic acids is 1. The van der Waals surface area contributed by atoms with E-state index in [-0.39, 0.29) is 5.91 Å². The molecule has 2 rings (SSSR count). The summed E-state index contributed by atoms with van der Waals surface area (Å²) in [5.74, 6) is 0.00329. The Morgan fingerprint density at radius 1 is 1.40 bits per heavy atom. The largest absolute Gasteiger partial charge is 0.397 e. The van der Waals surface area contributed by atoms with Gasteiger partial charge in [0.15, 0.2) is 0 Å². The van der Waals surface area contributed by atoms with Crippen molar-refractivity contribution in [3.05, 3.63) is 44.6 Å². The molecule has 0 aliphatic heterocycles. The van der Waals surface area contributed by atoms with E-state index in [0.717, 1.165) is 26.3 Å². The first-order chi connectivity index (χ1) is 9.54. The molecule has 0 atom stereocenters. The van der Waals surface area contributed by atoms with Crippen LogP contribution in [0.5, 0.6) is 0 Å². The standard InChI is InChI=1S/C15H17BrN2OS/c1-3-8-18(12-7-5-4-6-11(12)17)15(19)13-9-10(2)14(16)20-13/h4-7,9H,3,8,17H2,1-2H3. The van der Waals surface area contributed by atoms with Crippen LogP contribution in [0.15, 0.2) is 34.1 Å². The third kappa shape index (κ3) is 3.04. The van der Waals surface area contributed by atoms with Crippen LogP contribution >= 0.6 is 27.3 Å². The minimum atomic E-state index is 0.00329. The molecule has 0 unspecified atom stereocenters. The van der Waals surface area contributed by atoms with Crippen molar-refractivity contribution in [3.8, 4) is 0 Å². The number of aryl methyl sites for hydroxylation is 1. The van der Waals surface area contributed by atoms with Gasteiger partial charge in [0.1, 0.15) is 0 Å². The zero-order valence-corrected chi connectivity index (χ0v) is 13.9. The van der Waals surface area contributed by atoms with Crippen LogP contribution in [0.25, 0.3) is 0 Å². The third-order valence-corrected chi connectivity index (χ3v) is 5.11. The van der Waals surface area contributed by atoms with Crippen LogP contribution in [0.2, 0.25) is 0 Å². The molecular formula is C15H17BrN2OS. The van der Waals surface area contributed by atoms with Gasteiger partial charge < -0.3 is 10.6 Å². The van der Waals surface area contributed by atoms with E-state index in [0.29, 0.717) is 12.2 Å². The number of hydrogen-bond acceptors (Lipinski definition) is 3. The average Bonchev–Trinajstić information content (AvgIpc) is 2.76. The molecule has 2 aromatic rings. The van der Waals surface area contributed by atoms with Crippen molar-refractivity contribution in [2.75, 3.05) is 17.2 Å². The Hall–Kier alpha value is -1.33. The first-order valence-corrected chi connectivity index (χ1v) is 8.07. The predicted octanol–water partition coefficient (Wildman–Crippen LogP) is 4.46. The fraction of sp³-hybridized carbons (Fsp3) is 0.267. The number of rotatable bonds is 4. The number of para-hydroxylation sites is 2. The van der Waals surface area contributed by atoms with Gasteiger partial charge in [0.05, 0.1) is 20.0 Å². The van der Waals surface area contributed by atoms with E-state index in [9.17, 15) is 4.79 Å². The molecule has 0 saturated carbocycles. The molecule has 0 spiro atoms. The van der Waals surface area contributed by atoms with Crippen LogP contribution in [0.1, 0.15) is 28.6 Å². The van der Waals surface area contributed by atoms with E-state index < -0.39 is 0 Å². The number of nitrogens with zero attached hydrogens (tertiary/aromatic N) is 1. The van der Waals surface area contributed by atoms with Crippen LogP contribution < -0.4 is 10.6 Å². The number of anilines is 2. The van der Waals surface area contributed by atoms with E-state index in [4.69, 9.17) is 5.73 Å². The molecule has 1 aromatic heterocycles. The highest BCUT2D eigenvalue weighted by Crippen LogP contribution is 2.31. The summed E-state index contributed by atoms with van der Waals surface area (Å²) in [4.78, 5) is 15.2. The predicted molar refractivity (Wildman–Crippen MR) is 89.6 cm³/mol. The van der Waals surface area contributed by atoms with Gasteiger partial charge in [0.25, 0.3) is 5.91 Å². The number of halogens is 1. The van der Waals surface area contributed by atoms with Crippen LogP contribution in [0.4, 0.5) is 11.4 Å². The Bertz CT molecular complexity index is 605. The summed E-state index contributed by atoms with van der Waals surface area (Å²) in [6.45, 7) is 4.69. The van der Waals surface area contributed by atoms with Gasteiger partial charge in [-0.15, -0.1) is 11.3 Å². The molecule has 0 aliphatic rings. The minimum absolute atomic E-state index is 0.00329. The normalized spacial score (nSPS) is 10.6. The molecule has 20 heavy (non-hydrogen) atoms. The number of benzene rings is 1. The Balaban J connectivity index is 2.38. The molecule has 0 saturated heterocycles. The van der Waals surface area contributed by atoms with Crippen molar-refractivity contribution >= 4 is 44.5 Å². The van der Waals surface area contributed by atoms with Crippen molar-refractivity contribution in [1.29, 1.82) is 0 Å². The van der Waals surface area contributed by atoms with Gasteiger partial charge in [-0.05, 0) is 53.0 Å². The van der Waals surface area contributed by atoms with Crippen molar-refractivity contribution in [2.45, 2.75) is 20.3 Å². The van der Waals surface area contributed by atoms with E-state index in [1.165, 1.54) is 11.3 Å². The Kier molecular flexibility index (Phi) is 4.83. The summed E-state index contributed by atoms with van der Waals surface area (Å²) in [7, 11) is 0. The molecule has 5 heteroatoms. The smallest absolute Gasteiger partial charge is 0.268 e. The molecule has 1 amide bonds. The van der Waals surface area contributed by atoms with Crippen LogP contribution in [0.3, 0.4) is 0 Å². The van der Waals surface area contributed by atoms with E-state index in [2.05, 4.69) is 22.9 Å². The summed E-state index contributed by atoms with van der Waals surface area (Å²) in [5.41, 5.74) is 8.49. The summed E-state index contributed by atoms with van der Waals surface area (Å²) in [6, 6.07) is 9.40. The molecule has 0 aliphatic carbocycles. The van der Waals surface area contributed by atoms with Gasteiger partial charge in [-0.25, -0.2) is 0 Å². The Labute approximate surface area is 131 Å². The zero-order chi connectivity index (χ0) is 14.7. The Morgan fingerprint density at radius 3 is 2.65 bits per heavy atom. The molecule has 1 heterocycles. The van der Waals surface area contributed by atoms with Gasteiger partial charge >= 0.3 is 0 Å². The molecular weight excluding hydrogens is 336 g/mol. The Morgan fingerprint density at radius 2 is 2.10 bits per heavy atom. The lowest BCUT2D eigenvalue weighted by Gasteiger charge is -2.23. The van der Waals surface area contributed by atoms with Gasteiger partial charge in [-0.2, -0.15) is 0 Å². The fourth-order valence-corrected chi connectivity index (χ4v) is 3.47. The second-order valence-electron chi connectivity index (χ2n) is 4.58. The molecule has 3 nitrogen and oxygen atoms in total. The van der Waals surface area contributed by atoms with E-state index >= 15 is 0 Å². The van der Waals surface area contributed by atoms with Crippen molar-refractivity contribution in [2.24, 2.45) is 0 Å². The van der Waals surface area contributed by atoms with Crippen LogP contribution in [-0.4, -0.2) is 12.5 Å². The lowest BCUT2D eigenvalue weighted by atomic mass is 10.2. The number of thiophene rings is 1. The van der Waals surface area contributed by atoms with E-state index in [1.54, 1.807) is 4.90 Å². The van der Waals surface area contributed by atoms with E-state index in [1.807, 2.05) is 37.3 Å². The summed E-state index contributed by atoms with van der Waals surface area (Å²) < 4.78 is 0.998. The van der Waals surface area contributed by atoms with Crippen molar-refractivity contribution < 1.29 is 4.79 Å². The van der Waals surface area contributed by atoms with Crippen LogP contribution in [-0.2, 0) is 0 Å². The van der Waals surface area contributed by atoms with Crippen molar-refractivity contribution in [3.63, 3.8) is 0 Å². The number of nitrogen functional groups attached to an aromatic ring is 1. The topological polar surface area (TPSA) is 46.3 Å². The number of amides is 1. The second kappa shape index (κ2) is 6.41. The molecule has 2 N–H and O–H groups in total. The highest BCUT2D eigenvalue weighted by Gasteiger charge is 2.21. The number of nitrogens with two attached hydrogens (primary N) is 1. The SMILES string of the molecule is CCCN(C(=O)c1cc(C)c(Br)s1)c1ccccc1N. The molecule has 1 aromatic carbocycles. The van der Waals surface area contributed by atoms with Crippen LogP contribution in [0, 0.1) is 6.92 Å². The van der Waals surface area contributed by atoms with Crippen molar-refractivity contribution in [1.82, 2.24) is 0 Å². The maximum Gasteiger partial charge on any atom is 0.268 e. The average molecular weight is 353 g/mol. The lowest BCUT2D eigenvalue weighted by molar-refractivity contribution is 0.0991. The third-order valence-electron chi connectivity index (χ3n) is 2.99. The minimum Gasteiger partial charge on any atom is -0.397 e. The van der Waals surface area contributed by atoms with Gasteiger partial charge in [-0.1, -0.05) is 19.1 Å².